The summed E-state index contributed by atoms with van der Waals surface area (Å²) in [5.74, 6) is -1.11. The Balaban J connectivity index is 2.34. The van der Waals surface area contributed by atoms with E-state index in [1.165, 1.54) is 26.3 Å². The lowest BCUT2D eigenvalue weighted by molar-refractivity contribution is -0.142. The van der Waals surface area contributed by atoms with E-state index in [0.29, 0.717) is 5.56 Å². The van der Waals surface area contributed by atoms with Gasteiger partial charge in [-0.05, 0) is 17.7 Å². The van der Waals surface area contributed by atoms with Gasteiger partial charge < -0.3 is 14.9 Å². The van der Waals surface area contributed by atoms with E-state index in [0.717, 1.165) is 10.8 Å². The summed E-state index contributed by atoms with van der Waals surface area (Å²) in [6.45, 7) is 0. The Morgan fingerprint density at radius 1 is 1.32 bits per heavy atom. The molecule has 0 aliphatic heterocycles. The quantitative estimate of drug-likeness (QED) is 0.502. The average Bonchev–Trinajstić information content (AvgIpc) is 2.59. The van der Waals surface area contributed by atoms with Gasteiger partial charge in [-0.15, -0.1) is 0 Å². The van der Waals surface area contributed by atoms with Crippen LogP contribution >= 0.6 is 0 Å². The van der Waals surface area contributed by atoms with Crippen molar-refractivity contribution >= 4 is 12.2 Å². The molecule has 0 amide bonds. The monoisotopic (exact) mass is 347 g/mol. The minimum absolute atomic E-state index is 0.0866. The van der Waals surface area contributed by atoms with Crippen molar-refractivity contribution in [3.05, 3.63) is 56.2 Å². The molecule has 9 heteroatoms. The Bertz CT molecular complexity index is 911. The van der Waals surface area contributed by atoms with Crippen molar-refractivity contribution in [2.45, 2.75) is 12.5 Å². The van der Waals surface area contributed by atoms with Crippen LogP contribution in [0, 0.1) is 0 Å². The minimum atomic E-state index is -0.967. The number of ether oxygens (including phenoxy) is 1. The standard InChI is InChI=1S/C16H17N3O6/c1-19-14(22)11(13(21)18-16(19)24)8-17-12(15(23)25-2)7-9-3-5-10(20)6-4-9/h3-6,8,12,20,22H,7H2,1-2H3,(H,18,21,24). The number of nitrogens with zero attached hydrogens (tertiary/aromatic N) is 2. The molecule has 1 aromatic heterocycles. The molecule has 0 radical (unpaired) electrons. The Morgan fingerprint density at radius 2 is 1.96 bits per heavy atom. The number of hydrogen-bond acceptors (Lipinski definition) is 7. The molecule has 0 aliphatic rings. The number of aromatic nitrogens is 2. The average molecular weight is 347 g/mol. The Labute approximate surface area is 141 Å². The normalized spacial score (nSPS) is 12.2. The summed E-state index contributed by atoms with van der Waals surface area (Å²) >= 11 is 0. The number of carbonyl (C=O) groups is 1. The number of rotatable bonds is 5. The number of H-pyrrole nitrogens is 1. The first-order valence-electron chi connectivity index (χ1n) is 7.24. The zero-order chi connectivity index (χ0) is 18.6. The molecule has 9 nitrogen and oxygen atoms in total. The second-order valence-corrected chi connectivity index (χ2v) is 5.24. The molecule has 132 valence electrons. The van der Waals surface area contributed by atoms with Gasteiger partial charge >= 0.3 is 11.7 Å². The van der Waals surface area contributed by atoms with Crippen LogP contribution in [-0.2, 0) is 23.0 Å². The van der Waals surface area contributed by atoms with Crippen molar-refractivity contribution in [3.8, 4) is 11.6 Å². The number of phenolic OH excluding ortho intramolecular Hbond substituents is 1. The molecule has 1 aromatic carbocycles. The highest BCUT2D eigenvalue weighted by atomic mass is 16.5. The van der Waals surface area contributed by atoms with E-state index in [9.17, 15) is 24.6 Å². The van der Waals surface area contributed by atoms with E-state index in [1.54, 1.807) is 12.1 Å². The zero-order valence-corrected chi connectivity index (χ0v) is 13.6. The van der Waals surface area contributed by atoms with Gasteiger partial charge in [-0.25, -0.2) is 9.59 Å². The fourth-order valence-electron chi connectivity index (χ4n) is 2.10. The molecule has 0 aliphatic carbocycles. The molecule has 1 atom stereocenters. The number of aliphatic imine (C=N–C) groups is 1. The van der Waals surface area contributed by atoms with Gasteiger partial charge in [-0.2, -0.15) is 0 Å². The third kappa shape index (κ3) is 4.14. The molecular weight excluding hydrogens is 330 g/mol. The molecule has 0 saturated carbocycles. The van der Waals surface area contributed by atoms with Crippen LogP contribution in [0.25, 0.3) is 0 Å². The van der Waals surface area contributed by atoms with Gasteiger partial charge in [-0.3, -0.25) is 19.3 Å². The first-order valence-corrected chi connectivity index (χ1v) is 7.24. The van der Waals surface area contributed by atoms with Gasteiger partial charge in [-0.1, -0.05) is 12.1 Å². The number of esters is 1. The van der Waals surface area contributed by atoms with E-state index in [4.69, 9.17) is 4.74 Å². The zero-order valence-electron chi connectivity index (χ0n) is 13.6. The number of carbonyl (C=O) groups excluding carboxylic acids is 1. The number of benzene rings is 1. The molecule has 1 unspecified atom stereocenters. The van der Waals surface area contributed by atoms with Gasteiger partial charge in [0.2, 0.25) is 5.88 Å². The summed E-state index contributed by atoms with van der Waals surface area (Å²) in [7, 11) is 2.48. The number of aromatic hydroxyl groups is 2. The van der Waals surface area contributed by atoms with Crippen LogP contribution in [0.1, 0.15) is 11.1 Å². The van der Waals surface area contributed by atoms with Crippen LogP contribution in [0.5, 0.6) is 11.6 Å². The van der Waals surface area contributed by atoms with Crippen molar-refractivity contribution in [1.82, 2.24) is 9.55 Å². The summed E-state index contributed by atoms with van der Waals surface area (Å²) in [5.41, 5.74) is -1.13. The fourth-order valence-corrected chi connectivity index (χ4v) is 2.10. The van der Waals surface area contributed by atoms with Crippen LogP contribution in [0.15, 0.2) is 38.8 Å². The lowest BCUT2D eigenvalue weighted by Crippen LogP contribution is -2.31. The first-order chi connectivity index (χ1) is 11.8. The second kappa shape index (κ2) is 7.47. The van der Waals surface area contributed by atoms with Gasteiger partial charge in [0.25, 0.3) is 5.56 Å². The number of hydrogen-bond donors (Lipinski definition) is 3. The topological polar surface area (TPSA) is 134 Å². The van der Waals surface area contributed by atoms with E-state index in [1.807, 2.05) is 4.98 Å². The van der Waals surface area contributed by atoms with Gasteiger partial charge in [0.1, 0.15) is 11.3 Å². The maximum Gasteiger partial charge on any atom is 0.330 e. The van der Waals surface area contributed by atoms with E-state index in [2.05, 4.69) is 4.99 Å². The molecule has 2 aromatic rings. The first kappa shape index (κ1) is 18.0. The van der Waals surface area contributed by atoms with Crippen molar-refractivity contribution in [2.24, 2.45) is 12.0 Å². The summed E-state index contributed by atoms with van der Waals surface area (Å²) in [4.78, 5) is 41.1. The molecule has 0 spiro atoms. The minimum Gasteiger partial charge on any atom is -0.508 e. The third-order valence-corrected chi connectivity index (χ3v) is 3.55. The predicted molar refractivity (Wildman–Crippen MR) is 89.2 cm³/mol. The van der Waals surface area contributed by atoms with E-state index in [-0.39, 0.29) is 17.7 Å². The van der Waals surface area contributed by atoms with Crippen molar-refractivity contribution in [1.29, 1.82) is 0 Å². The van der Waals surface area contributed by atoms with Crippen LogP contribution in [0.4, 0.5) is 0 Å². The highest BCUT2D eigenvalue weighted by molar-refractivity contribution is 5.85. The molecule has 3 N–H and O–H groups in total. The molecular formula is C16H17N3O6. The number of phenols is 1. The molecule has 25 heavy (non-hydrogen) atoms. The lowest BCUT2D eigenvalue weighted by atomic mass is 10.1. The largest absolute Gasteiger partial charge is 0.508 e. The number of methoxy groups -OCH3 is 1. The van der Waals surface area contributed by atoms with Crippen LogP contribution in [-0.4, -0.2) is 45.1 Å². The lowest BCUT2D eigenvalue weighted by Gasteiger charge is -2.10. The molecule has 0 saturated heterocycles. The maximum absolute atomic E-state index is 11.9. The van der Waals surface area contributed by atoms with Crippen molar-refractivity contribution in [3.63, 3.8) is 0 Å². The molecule has 1 heterocycles. The van der Waals surface area contributed by atoms with E-state index >= 15 is 0 Å². The third-order valence-electron chi connectivity index (χ3n) is 3.55. The fraction of sp³-hybridized carbons (Fsp3) is 0.250. The van der Waals surface area contributed by atoms with Crippen LogP contribution in [0.3, 0.4) is 0 Å². The predicted octanol–water partition coefficient (Wildman–Crippen LogP) is -0.312. The maximum atomic E-state index is 11.9. The summed E-state index contributed by atoms with van der Waals surface area (Å²) < 4.78 is 5.54. The van der Waals surface area contributed by atoms with E-state index < -0.39 is 29.1 Å². The Hall–Kier alpha value is -3.36. The molecule has 0 bridgehead atoms. The van der Waals surface area contributed by atoms with Crippen LogP contribution in [0.2, 0.25) is 0 Å². The summed E-state index contributed by atoms with van der Waals surface area (Å²) in [6.07, 6.45) is 1.18. The van der Waals surface area contributed by atoms with Crippen molar-refractivity contribution < 1.29 is 19.7 Å². The highest BCUT2D eigenvalue weighted by Crippen LogP contribution is 2.13. The van der Waals surface area contributed by atoms with Crippen LogP contribution < -0.4 is 11.2 Å². The Morgan fingerprint density at radius 3 is 2.56 bits per heavy atom. The summed E-state index contributed by atoms with van der Waals surface area (Å²) in [5, 5.41) is 19.2. The smallest absolute Gasteiger partial charge is 0.330 e. The summed E-state index contributed by atoms with van der Waals surface area (Å²) in [6, 6.07) is 5.22. The number of nitrogens with one attached hydrogen (secondary N) is 1. The SMILES string of the molecule is COC(=O)C(Cc1ccc(O)cc1)N=Cc1c(O)n(C)c(=O)[nH]c1=O. The second-order valence-electron chi connectivity index (χ2n) is 5.24. The molecule has 2 rings (SSSR count). The molecule has 0 fully saturated rings. The highest BCUT2D eigenvalue weighted by Gasteiger charge is 2.19. The van der Waals surface area contributed by atoms with Crippen molar-refractivity contribution in [2.75, 3.05) is 7.11 Å². The van der Waals surface area contributed by atoms with Gasteiger partial charge in [0.05, 0.1) is 7.11 Å². The number of aromatic amines is 1. The van der Waals surface area contributed by atoms with Gasteiger partial charge in [0, 0.05) is 19.7 Å². The van der Waals surface area contributed by atoms with Gasteiger partial charge in [0.15, 0.2) is 6.04 Å². The Kier molecular flexibility index (Phi) is 5.38.